The highest BCUT2D eigenvalue weighted by molar-refractivity contribution is 5.98. The predicted molar refractivity (Wildman–Crippen MR) is 106 cm³/mol. The van der Waals surface area contributed by atoms with Crippen LogP contribution in [-0.4, -0.2) is 40.1 Å². The number of methoxy groups -OCH3 is 2. The third-order valence-corrected chi connectivity index (χ3v) is 4.85. The summed E-state index contributed by atoms with van der Waals surface area (Å²) in [6.07, 6.45) is 3.65. The summed E-state index contributed by atoms with van der Waals surface area (Å²) in [5.74, 6) is 0.985. The lowest BCUT2D eigenvalue weighted by Crippen LogP contribution is -2.37. The lowest BCUT2D eigenvalue weighted by molar-refractivity contribution is 0.0922. The third kappa shape index (κ3) is 3.42. The average molecular weight is 392 g/mol. The summed E-state index contributed by atoms with van der Waals surface area (Å²) in [7, 11) is 3.13. The summed E-state index contributed by atoms with van der Waals surface area (Å²) >= 11 is 0. The number of fused-ring (bicyclic) bond motifs is 1. The summed E-state index contributed by atoms with van der Waals surface area (Å²) < 4.78 is 10.6. The Balaban J connectivity index is 1.82. The van der Waals surface area contributed by atoms with Crippen LogP contribution in [0.15, 0.2) is 30.6 Å². The van der Waals surface area contributed by atoms with Crippen molar-refractivity contribution in [2.45, 2.75) is 19.4 Å². The number of anilines is 1. The van der Waals surface area contributed by atoms with Gasteiger partial charge >= 0.3 is 0 Å². The molecule has 1 atom stereocenters. The van der Waals surface area contributed by atoms with Crippen molar-refractivity contribution in [3.05, 3.63) is 53.1 Å². The van der Waals surface area contributed by atoms with E-state index in [0.717, 1.165) is 11.1 Å². The molecule has 4 rings (SSSR count). The molecule has 148 valence electrons. The Bertz CT molecular complexity index is 1100. The number of hydrogen-bond donors (Lipinski definition) is 2. The number of benzene rings is 1. The van der Waals surface area contributed by atoms with Crippen LogP contribution in [0.5, 0.6) is 11.6 Å². The maximum absolute atomic E-state index is 12.8. The lowest BCUT2D eigenvalue weighted by atomic mass is 9.90. The number of aryl methyl sites for hydroxylation is 1. The molecule has 0 saturated heterocycles. The minimum absolute atomic E-state index is 0.156. The molecular weight excluding hydrogens is 372 g/mol. The Morgan fingerprint density at radius 2 is 1.97 bits per heavy atom. The van der Waals surface area contributed by atoms with E-state index in [9.17, 15) is 4.79 Å². The van der Waals surface area contributed by atoms with Crippen LogP contribution in [0.4, 0.5) is 5.95 Å². The number of hydrogen-bond acceptors (Lipinski definition) is 8. The van der Waals surface area contributed by atoms with Crippen LogP contribution in [0, 0.1) is 6.92 Å². The van der Waals surface area contributed by atoms with Gasteiger partial charge in [0.15, 0.2) is 0 Å². The minimum Gasteiger partial charge on any atom is -0.497 e. The average Bonchev–Trinajstić information content (AvgIpc) is 2.72. The number of nitrogens with zero attached hydrogens (tertiary/aromatic N) is 4. The van der Waals surface area contributed by atoms with Gasteiger partial charge in [0.1, 0.15) is 5.75 Å². The second-order valence-corrected chi connectivity index (χ2v) is 6.62. The van der Waals surface area contributed by atoms with Crippen molar-refractivity contribution < 1.29 is 14.3 Å². The number of carbonyl (C=O) groups excluding carboxylic acids is 1. The van der Waals surface area contributed by atoms with E-state index in [2.05, 4.69) is 25.3 Å². The van der Waals surface area contributed by atoms with Gasteiger partial charge in [-0.15, -0.1) is 0 Å². The standard InChI is InChI=1S/C20H20N6O3/c1-10-18-15(26-20(21)23-10)7-14(25-19(18)27)12-5-4-11(28-2)6-13(12)16-8-22-9-17(24-16)29-3/h4-6,8-9,14H,7H2,1-3H3,(H,25,27)(H2,21,23,26)/t14-/m1/s1. The quantitative estimate of drug-likeness (QED) is 0.689. The van der Waals surface area contributed by atoms with Gasteiger partial charge < -0.3 is 20.5 Å². The van der Waals surface area contributed by atoms with Crippen molar-refractivity contribution in [2.24, 2.45) is 0 Å². The fourth-order valence-electron chi connectivity index (χ4n) is 3.53. The van der Waals surface area contributed by atoms with Crippen molar-refractivity contribution in [1.82, 2.24) is 25.3 Å². The molecule has 1 amide bonds. The molecule has 0 fully saturated rings. The van der Waals surface area contributed by atoms with Crippen LogP contribution < -0.4 is 20.5 Å². The van der Waals surface area contributed by atoms with Gasteiger partial charge in [0.05, 0.1) is 55.3 Å². The van der Waals surface area contributed by atoms with E-state index < -0.39 is 0 Å². The van der Waals surface area contributed by atoms with Crippen molar-refractivity contribution in [3.63, 3.8) is 0 Å². The third-order valence-electron chi connectivity index (χ3n) is 4.85. The van der Waals surface area contributed by atoms with Crippen LogP contribution in [0.2, 0.25) is 0 Å². The molecule has 3 N–H and O–H groups in total. The molecule has 9 nitrogen and oxygen atoms in total. The first-order valence-electron chi connectivity index (χ1n) is 8.98. The molecule has 0 unspecified atom stereocenters. The van der Waals surface area contributed by atoms with Gasteiger partial charge in [-0.2, -0.15) is 0 Å². The fraction of sp³-hybridized carbons (Fsp3) is 0.250. The van der Waals surface area contributed by atoms with E-state index >= 15 is 0 Å². The fourth-order valence-corrected chi connectivity index (χ4v) is 3.53. The summed E-state index contributed by atoms with van der Waals surface area (Å²) in [5.41, 5.74) is 9.72. The molecule has 1 aliphatic rings. The zero-order chi connectivity index (χ0) is 20.5. The first kappa shape index (κ1) is 18.6. The van der Waals surface area contributed by atoms with Gasteiger partial charge in [0.2, 0.25) is 11.8 Å². The highest BCUT2D eigenvalue weighted by Crippen LogP contribution is 2.35. The zero-order valence-electron chi connectivity index (χ0n) is 16.3. The summed E-state index contributed by atoms with van der Waals surface area (Å²) in [5, 5.41) is 3.05. The van der Waals surface area contributed by atoms with E-state index in [4.69, 9.17) is 15.2 Å². The Labute approximate surface area is 167 Å². The normalized spacial score (nSPS) is 15.4. The topological polar surface area (TPSA) is 125 Å². The first-order valence-corrected chi connectivity index (χ1v) is 8.98. The number of ether oxygens (including phenoxy) is 2. The number of carbonyl (C=O) groups is 1. The number of rotatable bonds is 4. The number of amides is 1. The molecule has 1 aromatic carbocycles. The molecule has 0 bridgehead atoms. The van der Waals surface area contributed by atoms with Crippen molar-refractivity contribution in [2.75, 3.05) is 20.0 Å². The predicted octanol–water partition coefficient (Wildman–Crippen LogP) is 1.87. The van der Waals surface area contributed by atoms with E-state index in [-0.39, 0.29) is 17.9 Å². The van der Waals surface area contributed by atoms with E-state index in [1.54, 1.807) is 20.2 Å². The smallest absolute Gasteiger partial charge is 0.255 e. The molecule has 3 aromatic rings. The van der Waals surface area contributed by atoms with Crippen molar-refractivity contribution in [3.8, 4) is 22.9 Å². The Kier molecular flexibility index (Phi) is 4.71. The minimum atomic E-state index is -0.322. The Morgan fingerprint density at radius 1 is 1.14 bits per heavy atom. The van der Waals surface area contributed by atoms with Crippen LogP contribution in [0.25, 0.3) is 11.3 Å². The van der Waals surface area contributed by atoms with E-state index in [1.165, 1.54) is 13.3 Å². The summed E-state index contributed by atoms with van der Waals surface area (Å²) in [4.78, 5) is 29.8. The molecule has 2 aromatic heterocycles. The van der Waals surface area contributed by atoms with Crippen LogP contribution >= 0.6 is 0 Å². The Hall–Kier alpha value is -3.75. The number of nitrogen functional groups attached to an aromatic ring is 1. The molecule has 9 heteroatoms. The highest BCUT2D eigenvalue weighted by Gasteiger charge is 2.30. The number of aromatic nitrogens is 4. The molecule has 0 radical (unpaired) electrons. The maximum Gasteiger partial charge on any atom is 0.255 e. The van der Waals surface area contributed by atoms with Crippen LogP contribution in [0.1, 0.15) is 33.4 Å². The second kappa shape index (κ2) is 7.34. The summed E-state index contributed by atoms with van der Waals surface area (Å²) in [6.45, 7) is 1.75. The lowest BCUT2D eigenvalue weighted by Gasteiger charge is -2.27. The van der Waals surface area contributed by atoms with Gasteiger partial charge in [-0.25, -0.2) is 15.0 Å². The monoisotopic (exact) mass is 392 g/mol. The van der Waals surface area contributed by atoms with E-state index in [1.807, 2.05) is 18.2 Å². The Morgan fingerprint density at radius 3 is 2.72 bits per heavy atom. The molecule has 1 aliphatic heterocycles. The molecule has 0 aliphatic carbocycles. The van der Waals surface area contributed by atoms with Gasteiger partial charge in [-0.1, -0.05) is 6.07 Å². The van der Waals surface area contributed by atoms with Gasteiger partial charge in [-0.3, -0.25) is 9.78 Å². The molecule has 0 spiro atoms. The van der Waals surface area contributed by atoms with Gasteiger partial charge in [-0.05, 0) is 24.6 Å². The second-order valence-electron chi connectivity index (χ2n) is 6.62. The first-order chi connectivity index (χ1) is 14.0. The molecule has 29 heavy (non-hydrogen) atoms. The number of nitrogens with two attached hydrogens (primary N) is 1. The summed E-state index contributed by atoms with van der Waals surface area (Å²) in [6, 6.07) is 5.29. The molecule has 0 saturated carbocycles. The highest BCUT2D eigenvalue weighted by atomic mass is 16.5. The molecular formula is C20H20N6O3. The van der Waals surface area contributed by atoms with Gasteiger partial charge in [0, 0.05) is 12.0 Å². The van der Waals surface area contributed by atoms with Crippen LogP contribution in [-0.2, 0) is 6.42 Å². The zero-order valence-corrected chi connectivity index (χ0v) is 16.3. The molecule has 3 heterocycles. The maximum atomic E-state index is 12.8. The largest absolute Gasteiger partial charge is 0.497 e. The van der Waals surface area contributed by atoms with Crippen molar-refractivity contribution in [1.29, 1.82) is 0 Å². The van der Waals surface area contributed by atoms with Gasteiger partial charge in [0.25, 0.3) is 5.91 Å². The van der Waals surface area contributed by atoms with E-state index in [0.29, 0.717) is 40.7 Å². The van der Waals surface area contributed by atoms with Crippen LogP contribution in [0.3, 0.4) is 0 Å². The SMILES string of the molecule is COc1ccc([C@H]2Cc3nc(N)nc(C)c3C(=O)N2)c(-c2cncc(OC)n2)c1. The van der Waals surface area contributed by atoms with Crippen molar-refractivity contribution >= 4 is 11.9 Å². The number of nitrogens with one attached hydrogen (secondary N) is 1.